The first-order valence-electron chi connectivity index (χ1n) is 3.88. The molecule has 72 valence electrons. The van der Waals surface area contributed by atoms with Crippen LogP contribution in [0.4, 0.5) is 0 Å². The fourth-order valence-electron chi connectivity index (χ4n) is 0.863. The second-order valence-corrected chi connectivity index (χ2v) is 2.82. The van der Waals surface area contributed by atoms with Gasteiger partial charge in [0.2, 0.25) is 0 Å². The first-order chi connectivity index (χ1) is 5.60. The molecule has 0 aliphatic heterocycles. The number of nitrogens with zero attached hydrogens (tertiary/aromatic N) is 1. The Morgan fingerprint density at radius 1 is 1.50 bits per heavy atom. The van der Waals surface area contributed by atoms with E-state index in [1.54, 1.807) is 7.11 Å². The minimum absolute atomic E-state index is 0.139. The highest BCUT2D eigenvalue weighted by atomic mass is 16.5. The van der Waals surface area contributed by atoms with Gasteiger partial charge in [0.15, 0.2) is 0 Å². The fraction of sp³-hybridized carbons (Fsp3) is 0.875. The number of carbonyl (C=O) groups is 1. The molecule has 0 heterocycles. The standard InChI is InChI=1S/C8H17NO3/c1-7(11-3)5-9(2)6-8(10)12-4/h7H,5-6H2,1-4H3. The summed E-state index contributed by atoms with van der Waals surface area (Å²) >= 11 is 0. The summed E-state index contributed by atoms with van der Waals surface area (Å²) in [6, 6.07) is 0. The molecule has 0 spiro atoms. The van der Waals surface area contributed by atoms with Crippen molar-refractivity contribution in [2.45, 2.75) is 13.0 Å². The van der Waals surface area contributed by atoms with E-state index in [1.807, 2.05) is 18.9 Å². The molecule has 0 amide bonds. The van der Waals surface area contributed by atoms with Crippen LogP contribution in [-0.2, 0) is 14.3 Å². The third-order valence-electron chi connectivity index (χ3n) is 1.60. The van der Waals surface area contributed by atoms with Gasteiger partial charge in [-0.15, -0.1) is 0 Å². The SMILES string of the molecule is COC(=O)CN(C)CC(C)OC. The van der Waals surface area contributed by atoms with Gasteiger partial charge in [-0.3, -0.25) is 9.69 Å². The third-order valence-corrected chi connectivity index (χ3v) is 1.60. The number of carbonyl (C=O) groups excluding carboxylic acids is 1. The van der Waals surface area contributed by atoms with Crippen molar-refractivity contribution < 1.29 is 14.3 Å². The molecule has 4 heteroatoms. The maximum atomic E-state index is 10.8. The van der Waals surface area contributed by atoms with Gasteiger partial charge in [0.25, 0.3) is 0 Å². The molecule has 0 aliphatic carbocycles. The van der Waals surface area contributed by atoms with Gasteiger partial charge in [0, 0.05) is 13.7 Å². The predicted molar refractivity (Wildman–Crippen MR) is 46.0 cm³/mol. The number of hydrogen-bond acceptors (Lipinski definition) is 4. The van der Waals surface area contributed by atoms with Crippen LogP contribution in [0.3, 0.4) is 0 Å². The van der Waals surface area contributed by atoms with Crippen molar-refractivity contribution in [1.29, 1.82) is 0 Å². The highest BCUT2D eigenvalue weighted by Crippen LogP contribution is 1.92. The first-order valence-corrected chi connectivity index (χ1v) is 3.88. The van der Waals surface area contributed by atoms with Gasteiger partial charge in [0.1, 0.15) is 0 Å². The van der Waals surface area contributed by atoms with Gasteiger partial charge >= 0.3 is 5.97 Å². The van der Waals surface area contributed by atoms with Crippen LogP contribution in [0.2, 0.25) is 0 Å². The maximum absolute atomic E-state index is 10.8. The monoisotopic (exact) mass is 175 g/mol. The first kappa shape index (κ1) is 11.4. The average molecular weight is 175 g/mol. The van der Waals surface area contributed by atoms with E-state index in [0.717, 1.165) is 6.54 Å². The molecule has 0 aromatic rings. The molecular formula is C8H17NO3. The highest BCUT2D eigenvalue weighted by molar-refractivity contribution is 5.71. The van der Waals surface area contributed by atoms with Crippen LogP contribution in [0.25, 0.3) is 0 Å². The van der Waals surface area contributed by atoms with E-state index in [9.17, 15) is 4.79 Å². The van der Waals surface area contributed by atoms with Crippen molar-refractivity contribution in [1.82, 2.24) is 4.90 Å². The third kappa shape index (κ3) is 5.09. The van der Waals surface area contributed by atoms with E-state index >= 15 is 0 Å². The number of ether oxygens (including phenoxy) is 2. The van der Waals surface area contributed by atoms with Crippen LogP contribution in [0, 0.1) is 0 Å². The minimum Gasteiger partial charge on any atom is -0.468 e. The minimum atomic E-state index is -0.221. The van der Waals surface area contributed by atoms with Crippen molar-refractivity contribution in [3.05, 3.63) is 0 Å². The zero-order valence-electron chi connectivity index (χ0n) is 8.16. The molecular weight excluding hydrogens is 158 g/mol. The maximum Gasteiger partial charge on any atom is 0.319 e. The van der Waals surface area contributed by atoms with Crippen molar-refractivity contribution in [2.75, 3.05) is 34.4 Å². The molecule has 0 bridgehead atoms. The zero-order valence-corrected chi connectivity index (χ0v) is 8.16. The fourth-order valence-corrected chi connectivity index (χ4v) is 0.863. The molecule has 0 aliphatic rings. The summed E-state index contributed by atoms with van der Waals surface area (Å²) in [7, 11) is 4.89. The van der Waals surface area contributed by atoms with Gasteiger partial charge in [-0.25, -0.2) is 0 Å². The van der Waals surface area contributed by atoms with Gasteiger partial charge < -0.3 is 9.47 Å². The molecule has 4 nitrogen and oxygen atoms in total. The highest BCUT2D eigenvalue weighted by Gasteiger charge is 2.08. The van der Waals surface area contributed by atoms with Crippen LogP contribution in [0.5, 0.6) is 0 Å². The van der Waals surface area contributed by atoms with Crippen molar-refractivity contribution in [3.8, 4) is 0 Å². The van der Waals surface area contributed by atoms with E-state index in [-0.39, 0.29) is 12.1 Å². The summed E-state index contributed by atoms with van der Waals surface area (Å²) in [5.74, 6) is -0.221. The van der Waals surface area contributed by atoms with Gasteiger partial charge in [-0.1, -0.05) is 0 Å². The number of methoxy groups -OCH3 is 2. The van der Waals surface area contributed by atoms with Crippen LogP contribution in [0.1, 0.15) is 6.92 Å². The normalized spacial score (nSPS) is 13.1. The molecule has 0 radical (unpaired) electrons. The van der Waals surface area contributed by atoms with Crippen LogP contribution in [0.15, 0.2) is 0 Å². The Balaban J connectivity index is 3.58. The lowest BCUT2D eigenvalue weighted by Gasteiger charge is -2.18. The Morgan fingerprint density at radius 2 is 2.08 bits per heavy atom. The Labute approximate surface area is 73.4 Å². The summed E-state index contributed by atoms with van der Waals surface area (Å²) in [6.45, 7) is 2.99. The summed E-state index contributed by atoms with van der Waals surface area (Å²) < 4.78 is 9.56. The van der Waals surface area contributed by atoms with Crippen molar-refractivity contribution >= 4 is 5.97 Å². The Kier molecular flexibility index (Phi) is 5.66. The predicted octanol–water partition coefficient (Wildman–Crippen LogP) is 0.126. The second-order valence-electron chi connectivity index (χ2n) is 2.82. The topological polar surface area (TPSA) is 38.8 Å². The van der Waals surface area contributed by atoms with E-state index in [4.69, 9.17) is 4.74 Å². The smallest absolute Gasteiger partial charge is 0.319 e. The molecule has 1 atom stereocenters. The van der Waals surface area contributed by atoms with Gasteiger partial charge in [-0.05, 0) is 14.0 Å². The molecule has 1 unspecified atom stereocenters. The van der Waals surface area contributed by atoms with Crippen LogP contribution >= 0.6 is 0 Å². The lowest BCUT2D eigenvalue weighted by molar-refractivity contribution is -0.141. The summed E-state index contributed by atoms with van der Waals surface area (Å²) in [6.07, 6.45) is 0.139. The Morgan fingerprint density at radius 3 is 2.50 bits per heavy atom. The summed E-state index contributed by atoms with van der Waals surface area (Å²) in [5, 5.41) is 0. The van der Waals surface area contributed by atoms with E-state index in [0.29, 0.717) is 6.54 Å². The van der Waals surface area contributed by atoms with Crippen molar-refractivity contribution in [3.63, 3.8) is 0 Å². The van der Waals surface area contributed by atoms with Crippen LogP contribution in [-0.4, -0.2) is 51.3 Å². The lowest BCUT2D eigenvalue weighted by atomic mass is 10.3. The molecule has 0 N–H and O–H groups in total. The molecule has 0 aromatic heterocycles. The molecule has 0 saturated heterocycles. The zero-order chi connectivity index (χ0) is 9.56. The number of likely N-dealkylation sites (N-methyl/N-ethyl adjacent to an activating group) is 1. The largest absolute Gasteiger partial charge is 0.468 e. The van der Waals surface area contributed by atoms with E-state index in [2.05, 4.69) is 4.74 Å². The Bertz CT molecular complexity index is 138. The van der Waals surface area contributed by atoms with E-state index < -0.39 is 0 Å². The number of rotatable bonds is 5. The summed E-state index contributed by atoms with van der Waals surface area (Å²) in [4.78, 5) is 12.6. The quantitative estimate of drug-likeness (QED) is 0.557. The molecule has 0 saturated carbocycles. The number of hydrogen-bond donors (Lipinski definition) is 0. The number of esters is 1. The van der Waals surface area contributed by atoms with Crippen molar-refractivity contribution in [2.24, 2.45) is 0 Å². The van der Waals surface area contributed by atoms with Crippen LogP contribution < -0.4 is 0 Å². The second kappa shape index (κ2) is 5.97. The molecule has 0 aromatic carbocycles. The average Bonchev–Trinajstić information content (AvgIpc) is 2.03. The summed E-state index contributed by atoms with van der Waals surface area (Å²) in [5.41, 5.74) is 0. The molecule has 12 heavy (non-hydrogen) atoms. The molecule has 0 rings (SSSR count). The van der Waals surface area contributed by atoms with Gasteiger partial charge in [0.05, 0.1) is 19.8 Å². The molecule has 0 fully saturated rings. The van der Waals surface area contributed by atoms with E-state index in [1.165, 1.54) is 7.11 Å². The Hall–Kier alpha value is -0.610. The van der Waals surface area contributed by atoms with Gasteiger partial charge in [-0.2, -0.15) is 0 Å². The lowest BCUT2D eigenvalue weighted by Crippen LogP contribution is -2.33.